The standard InChI is InChI=1S/C22H25N3/c1-15-7-10-18(11-8-15)21-20-6-4-5-13-23-22(20)25(24-21)19-12-9-16(2)17(3)14-19/h7-12,14,23H,4-6,13H2,1-3H3. The molecule has 0 saturated heterocycles. The van der Waals surface area contributed by atoms with E-state index < -0.39 is 0 Å². The van der Waals surface area contributed by atoms with Crippen molar-refractivity contribution in [1.82, 2.24) is 9.78 Å². The van der Waals surface area contributed by atoms with Crippen LogP contribution in [-0.2, 0) is 6.42 Å². The SMILES string of the molecule is Cc1ccc(-c2nn(-c3ccc(C)c(C)c3)c3c2CCCCN3)cc1. The predicted molar refractivity (Wildman–Crippen MR) is 105 cm³/mol. The molecule has 1 N–H and O–H groups in total. The molecule has 0 radical (unpaired) electrons. The first-order valence-electron chi connectivity index (χ1n) is 9.14. The molecule has 0 amide bonds. The second-order valence-corrected chi connectivity index (χ2v) is 7.11. The number of rotatable bonds is 2. The van der Waals surface area contributed by atoms with Gasteiger partial charge in [-0.25, -0.2) is 4.68 Å². The second kappa shape index (κ2) is 6.40. The summed E-state index contributed by atoms with van der Waals surface area (Å²) >= 11 is 0. The van der Waals surface area contributed by atoms with Gasteiger partial charge in [-0.1, -0.05) is 35.9 Å². The number of benzene rings is 2. The highest BCUT2D eigenvalue weighted by Gasteiger charge is 2.21. The molecular weight excluding hydrogens is 306 g/mol. The molecule has 0 saturated carbocycles. The van der Waals surface area contributed by atoms with Crippen molar-refractivity contribution in [3.05, 3.63) is 64.7 Å². The van der Waals surface area contributed by atoms with Crippen molar-refractivity contribution in [2.75, 3.05) is 11.9 Å². The topological polar surface area (TPSA) is 29.9 Å². The van der Waals surface area contributed by atoms with Crippen molar-refractivity contribution in [1.29, 1.82) is 0 Å². The Kier molecular flexibility index (Phi) is 4.08. The zero-order valence-corrected chi connectivity index (χ0v) is 15.3. The van der Waals surface area contributed by atoms with E-state index in [9.17, 15) is 0 Å². The van der Waals surface area contributed by atoms with Gasteiger partial charge in [-0.05, 0) is 63.3 Å². The maximum Gasteiger partial charge on any atom is 0.133 e. The van der Waals surface area contributed by atoms with Crippen LogP contribution in [0.3, 0.4) is 0 Å². The summed E-state index contributed by atoms with van der Waals surface area (Å²) in [7, 11) is 0. The van der Waals surface area contributed by atoms with E-state index >= 15 is 0 Å². The second-order valence-electron chi connectivity index (χ2n) is 7.11. The Morgan fingerprint density at radius 2 is 1.72 bits per heavy atom. The summed E-state index contributed by atoms with van der Waals surface area (Å²) in [4.78, 5) is 0. The van der Waals surface area contributed by atoms with Crippen LogP contribution < -0.4 is 5.32 Å². The van der Waals surface area contributed by atoms with Crippen LogP contribution in [0.4, 0.5) is 5.82 Å². The molecule has 0 aliphatic carbocycles. The van der Waals surface area contributed by atoms with Gasteiger partial charge in [-0.15, -0.1) is 0 Å². The van der Waals surface area contributed by atoms with Crippen LogP contribution in [0, 0.1) is 20.8 Å². The van der Waals surface area contributed by atoms with E-state index in [1.807, 2.05) is 0 Å². The summed E-state index contributed by atoms with van der Waals surface area (Å²) in [5.74, 6) is 1.16. The summed E-state index contributed by atoms with van der Waals surface area (Å²) in [5.41, 5.74) is 8.69. The Balaban J connectivity index is 1.89. The average molecular weight is 331 g/mol. The van der Waals surface area contributed by atoms with Gasteiger partial charge >= 0.3 is 0 Å². The zero-order chi connectivity index (χ0) is 17.4. The van der Waals surface area contributed by atoms with Gasteiger partial charge in [0.2, 0.25) is 0 Å². The molecule has 0 fully saturated rings. The van der Waals surface area contributed by atoms with Gasteiger partial charge in [-0.2, -0.15) is 5.10 Å². The van der Waals surface area contributed by atoms with Crippen LogP contribution in [0.1, 0.15) is 35.1 Å². The van der Waals surface area contributed by atoms with Crippen LogP contribution in [0.2, 0.25) is 0 Å². The van der Waals surface area contributed by atoms with Gasteiger partial charge in [0, 0.05) is 17.7 Å². The highest BCUT2D eigenvalue weighted by atomic mass is 15.3. The van der Waals surface area contributed by atoms with Crippen LogP contribution in [0.15, 0.2) is 42.5 Å². The summed E-state index contributed by atoms with van der Waals surface area (Å²) in [6.45, 7) is 7.45. The van der Waals surface area contributed by atoms with Gasteiger partial charge in [0.15, 0.2) is 0 Å². The van der Waals surface area contributed by atoms with Crippen molar-refractivity contribution in [2.45, 2.75) is 40.0 Å². The maximum absolute atomic E-state index is 5.03. The van der Waals surface area contributed by atoms with Crippen molar-refractivity contribution >= 4 is 5.82 Å². The number of nitrogens with zero attached hydrogens (tertiary/aromatic N) is 2. The number of aromatic nitrogens is 2. The van der Waals surface area contributed by atoms with Gasteiger partial charge in [-0.3, -0.25) is 0 Å². The minimum atomic E-state index is 1.01. The number of aryl methyl sites for hydroxylation is 3. The summed E-state index contributed by atoms with van der Waals surface area (Å²) in [6.07, 6.45) is 3.49. The number of nitrogens with one attached hydrogen (secondary N) is 1. The Labute approximate surface area is 149 Å². The number of anilines is 1. The Hall–Kier alpha value is -2.55. The highest BCUT2D eigenvalue weighted by molar-refractivity contribution is 5.71. The smallest absolute Gasteiger partial charge is 0.133 e. The Morgan fingerprint density at radius 3 is 2.48 bits per heavy atom. The zero-order valence-electron chi connectivity index (χ0n) is 15.3. The van der Waals surface area contributed by atoms with Gasteiger partial charge in [0.25, 0.3) is 0 Å². The van der Waals surface area contributed by atoms with E-state index in [-0.39, 0.29) is 0 Å². The molecule has 0 spiro atoms. The lowest BCUT2D eigenvalue weighted by Gasteiger charge is -2.10. The molecule has 4 rings (SSSR count). The molecule has 1 aromatic heterocycles. The van der Waals surface area contributed by atoms with Crippen LogP contribution in [-0.4, -0.2) is 16.3 Å². The molecule has 0 bridgehead atoms. The van der Waals surface area contributed by atoms with Crippen LogP contribution in [0.5, 0.6) is 0 Å². The highest BCUT2D eigenvalue weighted by Crippen LogP contribution is 2.34. The molecule has 1 aliphatic heterocycles. The predicted octanol–water partition coefficient (Wildman–Crippen LogP) is 5.21. The lowest BCUT2D eigenvalue weighted by atomic mass is 10.0. The minimum Gasteiger partial charge on any atom is -0.370 e. The van der Waals surface area contributed by atoms with Crippen molar-refractivity contribution in [2.24, 2.45) is 0 Å². The van der Waals surface area contributed by atoms with Crippen molar-refractivity contribution in [3.8, 4) is 16.9 Å². The average Bonchev–Trinajstić information content (AvgIpc) is 2.80. The molecule has 25 heavy (non-hydrogen) atoms. The van der Waals surface area contributed by atoms with Crippen molar-refractivity contribution in [3.63, 3.8) is 0 Å². The summed E-state index contributed by atoms with van der Waals surface area (Å²) in [6, 6.07) is 15.3. The van der Waals surface area contributed by atoms with Gasteiger partial charge in [0.05, 0.1) is 11.4 Å². The molecule has 128 valence electrons. The molecule has 0 atom stereocenters. The van der Waals surface area contributed by atoms with E-state index in [1.54, 1.807) is 0 Å². The molecule has 1 aliphatic rings. The van der Waals surface area contributed by atoms with Crippen molar-refractivity contribution < 1.29 is 0 Å². The van der Waals surface area contributed by atoms with Crippen LogP contribution >= 0.6 is 0 Å². The third-order valence-electron chi connectivity index (χ3n) is 5.19. The third-order valence-corrected chi connectivity index (χ3v) is 5.19. The van der Waals surface area contributed by atoms with Crippen LogP contribution in [0.25, 0.3) is 16.9 Å². The molecule has 3 nitrogen and oxygen atoms in total. The van der Waals surface area contributed by atoms with E-state index in [2.05, 4.69) is 73.2 Å². The van der Waals surface area contributed by atoms with E-state index in [4.69, 9.17) is 5.10 Å². The monoisotopic (exact) mass is 331 g/mol. The van der Waals surface area contributed by atoms with E-state index in [0.29, 0.717) is 0 Å². The first-order chi connectivity index (χ1) is 12.1. The first-order valence-corrected chi connectivity index (χ1v) is 9.14. The maximum atomic E-state index is 5.03. The number of hydrogen-bond donors (Lipinski definition) is 1. The molecule has 0 unspecified atom stereocenters. The Bertz CT molecular complexity index is 904. The molecule has 3 aromatic rings. The molecule has 2 aromatic carbocycles. The van der Waals surface area contributed by atoms with Gasteiger partial charge < -0.3 is 5.32 Å². The number of fused-ring (bicyclic) bond motifs is 1. The summed E-state index contributed by atoms with van der Waals surface area (Å²) in [5, 5.41) is 8.66. The molecule has 3 heteroatoms. The Morgan fingerprint density at radius 1 is 0.920 bits per heavy atom. The van der Waals surface area contributed by atoms with E-state index in [0.717, 1.165) is 30.2 Å². The molecular formula is C22H25N3. The minimum absolute atomic E-state index is 1.01. The quantitative estimate of drug-likeness (QED) is 0.698. The summed E-state index contributed by atoms with van der Waals surface area (Å²) < 4.78 is 2.10. The van der Waals surface area contributed by atoms with Gasteiger partial charge in [0.1, 0.15) is 5.82 Å². The normalized spacial score (nSPS) is 13.9. The fourth-order valence-corrected chi connectivity index (χ4v) is 3.49. The van der Waals surface area contributed by atoms with E-state index in [1.165, 1.54) is 40.7 Å². The fraction of sp³-hybridized carbons (Fsp3) is 0.318. The largest absolute Gasteiger partial charge is 0.370 e. The first kappa shape index (κ1) is 15.9. The fourth-order valence-electron chi connectivity index (χ4n) is 3.49. The number of hydrogen-bond acceptors (Lipinski definition) is 2. The third kappa shape index (κ3) is 2.95. The lowest BCUT2D eigenvalue weighted by Crippen LogP contribution is -2.07. The molecule has 2 heterocycles. The lowest BCUT2D eigenvalue weighted by molar-refractivity contribution is 0.780.